The van der Waals surface area contributed by atoms with E-state index in [0.717, 1.165) is 11.1 Å². The van der Waals surface area contributed by atoms with Gasteiger partial charge in [-0.25, -0.2) is 0 Å². The van der Waals surface area contributed by atoms with Gasteiger partial charge in [0.2, 0.25) is 0 Å². The molecule has 0 aliphatic carbocycles. The smallest absolute Gasteiger partial charge is 0.278 e. The van der Waals surface area contributed by atoms with Gasteiger partial charge in [0, 0.05) is 6.54 Å². The molecule has 0 atom stereocenters. The average molecular weight is 378 g/mol. The fourth-order valence-electron chi connectivity index (χ4n) is 3.20. The van der Waals surface area contributed by atoms with E-state index < -0.39 is 0 Å². The van der Waals surface area contributed by atoms with Crippen LogP contribution in [0.5, 0.6) is 5.75 Å². The van der Waals surface area contributed by atoms with E-state index in [0.29, 0.717) is 35.9 Å². The summed E-state index contributed by atoms with van der Waals surface area (Å²) in [6, 6.07) is 15.1. The number of rotatable bonds is 7. The molecule has 5 nitrogen and oxygen atoms in total. The molecule has 0 bridgehead atoms. The third kappa shape index (κ3) is 3.93. The molecule has 5 heteroatoms. The van der Waals surface area contributed by atoms with Crippen LogP contribution >= 0.6 is 0 Å². The quantitative estimate of drug-likeness (QED) is 0.732. The lowest BCUT2D eigenvalue weighted by atomic mass is 10.0. The van der Waals surface area contributed by atoms with E-state index >= 15 is 0 Å². The van der Waals surface area contributed by atoms with Crippen molar-refractivity contribution in [2.24, 2.45) is 5.92 Å². The van der Waals surface area contributed by atoms with E-state index in [1.54, 1.807) is 0 Å². The first-order chi connectivity index (χ1) is 13.4. The minimum atomic E-state index is -0.305. The van der Waals surface area contributed by atoms with Gasteiger partial charge in [0.25, 0.3) is 11.8 Å². The third-order valence-corrected chi connectivity index (χ3v) is 4.50. The van der Waals surface area contributed by atoms with Gasteiger partial charge in [-0.2, -0.15) is 0 Å². The summed E-state index contributed by atoms with van der Waals surface area (Å²) in [5.74, 6) is 0.255. The number of anilines is 1. The lowest BCUT2D eigenvalue weighted by molar-refractivity contribution is -0.137. The van der Waals surface area contributed by atoms with E-state index in [1.807, 2.05) is 76.2 Å². The Morgan fingerprint density at radius 2 is 1.68 bits per heavy atom. The maximum absolute atomic E-state index is 13.1. The zero-order chi connectivity index (χ0) is 20.3. The Morgan fingerprint density at radius 3 is 2.32 bits per heavy atom. The van der Waals surface area contributed by atoms with Crippen LogP contribution in [0, 0.1) is 12.8 Å². The van der Waals surface area contributed by atoms with E-state index in [2.05, 4.69) is 5.32 Å². The fourth-order valence-corrected chi connectivity index (χ4v) is 3.20. The van der Waals surface area contributed by atoms with Gasteiger partial charge < -0.3 is 10.1 Å². The number of carbonyl (C=O) groups excluding carboxylic acids is 2. The van der Waals surface area contributed by atoms with E-state index in [1.165, 1.54) is 4.90 Å². The van der Waals surface area contributed by atoms with Gasteiger partial charge in [0.15, 0.2) is 0 Å². The van der Waals surface area contributed by atoms with Gasteiger partial charge in [0.1, 0.15) is 11.4 Å². The first kappa shape index (κ1) is 19.7. The monoisotopic (exact) mass is 378 g/mol. The predicted molar refractivity (Wildman–Crippen MR) is 111 cm³/mol. The van der Waals surface area contributed by atoms with Crippen LogP contribution in [0.1, 0.15) is 31.9 Å². The molecule has 0 saturated heterocycles. The third-order valence-electron chi connectivity index (χ3n) is 4.50. The van der Waals surface area contributed by atoms with Crippen molar-refractivity contribution in [1.82, 2.24) is 4.90 Å². The summed E-state index contributed by atoms with van der Waals surface area (Å²) in [5.41, 5.74) is 3.18. The number of benzene rings is 2. The van der Waals surface area contributed by atoms with E-state index in [9.17, 15) is 9.59 Å². The predicted octanol–water partition coefficient (Wildman–Crippen LogP) is 4.24. The van der Waals surface area contributed by atoms with E-state index in [-0.39, 0.29) is 17.7 Å². The molecule has 0 saturated carbocycles. The molecule has 146 valence electrons. The number of hydrogen-bond donors (Lipinski definition) is 1. The highest BCUT2D eigenvalue weighted by molar-refractivity contribution is 6.36. The van der Waals surface area contributed by atoms with Crippen molar-refractivity contribution < 1.29 is 14.3 Å². The van der Waals surface area contributed by atoms with E-state index in [4.69, 9.17) is 4.74 Å². The number of aryl methyl sites for hydroxylation is 1. The Balaban J connectivity index is 2.07. The Labute approximate surface area is 166 Å². The molecule has 2 aromatic carbocycles. The molecule has 1 aliphatic rings. The normalized spacial score (nSPS) is 14.2. The summed E-state index contributed by atoms with van der Waals surface area (Å²) in [6.07, 6.45) is 0. The second kappa shape index (κ2) is 8.30. The van der Waals surface area contributed by atoms with Gasteiger partial charge >= 0.3 is 0 Å². The van der Waals surface area contributed by atoms with Crippen LogP contribution in [-0.4, -0.2) is 29.9 Å². The maximum Gasteiger partial charge on any atom is 0.278 e. The van der Waals surface area contributed by atoms with Gasteiger partial charge in [-0.1, -0.05) is 55.8 Å². The number of para-hydroxylation sites is 2. The molecule has 1 N–H and O–H groups in total. The number of carbonyl (C=O) groups is 2. The molecule has 28 heavy (non-hydrogen) atoms. The molecular formula is C23H26N2O3. The Morgan fingerprint density at radius 1 is 1.00 bits per heavy atom. The molecule has 0 aromatic heterocycles. The molecule has 0 unspecified atom stereocenters. The SMILES string of the molecule is CCOc1ccccc1NC1=C(c2ccc(C)cc2)C(=O)N(CC(C)C)C1=O. The standard InChI is InChI=1S/C23H26N2O3/c1-5-28-19-9-7-6-8-18(19)24-21-20(17-12-10-16(4)11-13-17)22(26)25(23(21)27)14-15(2)3/h6-13,15,24H,5,14H2,1-4H3. The molecule has 3 rings (SSSR count). The summed E-state index contributed by atoms with van der Waals surface area (Å²) in [4.78, 5) is 27.6. The van der Waals surface area contributed by atoms with Crippen molar-refractivity contribution in [3.05, 3.63) is 65.4 Å². The molecular weight excluding hydrogens is 352 g/mol. The summed E-state index contributed by atoms with van der Waals surface area (Å²) >= 11 is 0. The fraction of sp³-hybridized carbons (Fsp3) is 0.304. The van der Waals surface area contributed by atoms with Gasteiger partial charge in [-0.05, 0) is 37.5 Å². The van der Waals surface area contributed by atoms with Crippen LogP contribution in [0.15, 0.2) is 54.2 Å². The lowest BCUT2D eigenvalue weighted by Gasteiger charge is -2.18. The summed E-state index contributed by atoms with van der Waals surface area (Å²) in [7, 11) is 0. The molecule has 0 fully saturated rings. The van der Waals surface area contributed by atoms with Crippen LogP contribution in [0.3, 0.4) is 0 Å². The van der Waals surface area contributed by atoms with Gasteiger partial charge in [0.05, 0.1) is 17.9 Å². The van der Waals surface area contributed by atoms with Crippen molar-refractivity contribution in [2.75, 3.05) is 18.5 Å². The number of amides is 2. The van der Waals surface area contributed by atoms with Crippen molar-refractivity contribution in [1.29, 1.82) is 0 Å². The highest BCUT2D eigenvalue weighted by atomic mass is 16.5. The number of ether oxygens (including phenoxy) is 1. The Hall–Kier alpha value is -3.08. The number of imide groups is 1. The van der Waals surface area contributed by atoms with Crippen LogP contribution < -0.4 is 10.1 Å². The topological polar surface area (TPSA) is 58.6 Å². The molecule has 2 amide bonds. The second-order valence-electron chi connectivity index (χ2n) is 7.28. The molecule has 1 aliphatic heterocycles. The molecule has 0 spiro atoms. The van der Waals surface area contributed by atoms with Crippen molar-refractivity contribution >= 4 is 23.1 Å². The van der Waals surface area contributed by atoms with Crippen LogP contribution in [0.25, 0.3) is 5.57 Å². The molecule has 1 heterocycles. The first-order valence-corrected chi connectivity index (χ1v) is 9.58. The van der Waals surface area contributed by atoms with Crippen molar-refractivity contribution in [3.63, 3.8) is 0 Å². The van der Waals surface area contributed by atoms with Crippen molar-refractivity contribution in [2.45, 2.75) is 27.7 Å². The summed E-state index contributed by atoms with van der Waals surface area (Å²) in [5, 5.41) is 3.18. The summed E-state index contributed by atoms with van der Waals surface area (Å²) in [6.45, 7) is 8.76. The zero-order valence-corrected chi connectivity index (χ0v) is 16.8. The highest BCUT2D eigenvalue weighted by Gasteiger charge is 2.39. The van der Waals surface area contributed by atoms with Gasteiger partial charge in [-0.3, -0.25) is 14.5 Å². The number of nitrogens with zero attached hydrogens (tertiary/aromatic N) is 1. The average Bonchev–Trinajstić information content (AvgIpc) is 2.88. The first-order valence-electron chi connectivity index (χ1n) is 9.58. The minimum absolute atomic E-state index is 0.183. The molecule has 0 radical (unpaired) electrons. The second-order valence-corrected chi connectivity index (χ2v) is 7.28. The van der Waals surface area contributed by atoms with Crippen LogP contribution in [-0.2, 0) is 9.59 Å². The van der Waals surface area contributed by atoms with Crippen molar-refractivity contribution in [3.8, 4) is 5.75 Å². The zero-order valence-electron chi connectivity index (χ0n) is 16.8. The minimum Gasteiger partial charge on any atom is -0.492 e. The summed E-state index contributed by atoms with van der Waals surface area (Å²) < 4.78 is 5.66. The van der Waals surface area contributed by atoms with Crippen LogP contribution in [0.4, 0.5) is 5.69 Å². The van der Waals surface area contributed by atoms with Crippen LogP contribution in [0.2, 0.25) is 0 Å². The Kier molecular flexibility index (Phi) is 5.83. The number of nitrogens with one attached hydrogen (secondary N) is 1. The van der Waals surface area contributed by atoms with Gasteiger partial charge in [-0.15, -0.1) is 0 Å². The largest absolute Gasteiger partial charge is 0.492 e. The highest BCUT2D eigenvalue weighted by Crippen LogP contribution is 2.33. The lowest BCUT2D eigenvalue weighted by Crippen LogP contribution is -2.35. The molecule has 2 aromatic rings. The maximum atomic E-state index is 13.1. The number of hydrogen-bond acceptors (Lipinski definition) is 4. The Bertz CT molecular complexity index is 914.